The third kappa shape index (κ3) is 2.58. The summed E-state index contributed by atoms with van der Waals surface area (Å²) in [4.78, 5) is 0. The van der Waals surface area contributed by atoms with Gasteiger partial charge in [-0.25, -0.2) is 0 Å². The molecule has 20 heavy (non-hydrogen) atoms. The maximum absolute atomic E-state index is 11.1. The maximum atomic E-state index is 11.1. The highest BCUT2D eigenvalue weighted by Crippen LogP contribution is 2.45. The fourth-order valence-electron chi connectivity index (χ4n) is 3.88. The summed E-state index contributed by atoms with van der Waals surface area (Å²) >= 11 is 0. The molecule has 0 bridgehead atoms. The average Bonchev–Trinajstić information content (AvgIpc) is 2.49. The lowest BCUT2D eigenvalue weighted by molar-refractivity contribution is -0.0177. The van der Waals surface area contributed by atoms with Crippen LogP contribution >= 0.6 is 0 Å². The Morgan fingerprint density at radius 2 is 2.10 bits per heavy atom. The van der Waals surface area contributed by atoms with Crippen LogP contribution in [0.25, 0.3) is 0 Å². The summed E-state index contributed by atoms with van der Waals surface area (Å²) in [5.41, 5.74) is 1.66. The van der Waals surface area contributed by atoms with Gasteiger partial charge in [-0.3, -0.25) is 0 Å². The highest BCUT2D eigenvalue weighted by Gasteiger charge is 2.37. The smallest absolute Gasteiger partial charge is 0.128 e. The van der Waals surface area contributed by atoms with Gasteiger partial charge in [0, 0.05) is 5.56 Å². The average molecular weight is 274 g/mol. The zero-order chi connectivity index (χ0) is 14.0. The molecule has 1 N–H and O–H groups in total. The molecule has 1 aromatic rings. The van der Waals surface area contributed by atoms with Gasteiger partial charge in [-0.15, -0.1) is 0 Å². The van der Waals surface area contributed by atoms with Crippen LogP contribution in [0.4, 0.5) is 0 Å². The van der Waals surface area contributed by atoms with Gasteiger partial charge in [0.15, 0.2) is 0 Å². The maximum Gasteiger partial charge on any atom is 0.128 e. The second-order valence-corrected chi connectivity index (χ2v) is 6.51. The number of hydrogen-bond acceptors (Lipinski definition) is 2. The zero-order valence-corrected chi connectivity index (χ0v) is 12.5. The summed E-state index contributed by atoms with van der Waals surface area (Å²) in [6.45, 7) is 3.04. The van der Waals surface area contributed by atoms with Gasteiger partial charge >= 0.3 is 0 Å². The van der Waals surface area contributed by atoms with Crippen LogP contribution in [0.2, 0.25) is 0 Å². The SMILES string of the molecule is CCCC1CCC(O)(c2cccc3c2OCCC3)CC1. The fourth-order valence-corrected chi connectivity index (χ4v) is 3.88. The van der Waals surface area contributed by atoms with Gasteiger partial charge in [0.25, 0.3) is 0 Å². The third-order valence-electron chi connectivity index (χ3n) is 5.06. The van der Waals surface area contributed by atoms with Crippen LogP contribution in [0, 0.1) is 5.92 Å². The monoisotopic (exact) mass is 274 g/mol. The van der Waals surface area contributed by atoms with Crippen molar-refractivity contribution in [3.05, 3.63) is 29.3 Å². The van der Waals surface area contributed by atoms with Gasteiger partial charge in [-0.05, 0) is 50.0 Å². The molecular weight excluding hydrogens is 248 g/mol. The van der Waals surface area contributed by atoms with E-state index in [1.807, 2.05) is 0 Å². The van der Waals surface area contributed by atoms with E-state index in [1.54, 1.807) is 0 Å². The van der Waals surface area contributed by atoms with Gasteiger partial charge in [0.05, 0.1) is 12.2 Å². The van der Waals surface area contributed by atoms with Gasteiger partial charge < -0.3 is 9.84 Å². The van der Waals surface area contributed by atoms with Crippen LogP contribution in [0.3, 0.4) is 0 Å². The number of rotatable bonds is 3. The molecule has 2 nitrogen and oxygen atoms in total. The van der Waals surface area contributed by atoms with E-state index in [4.69, 9.17) is 4.74 Å². The highest BCUT2D eigenvalue weighted by atomic mass is 16.5. The van der Waals surface area contributed by atoms with Crippen molar-refractivity contribution >= 4 is 0 Å². The molecule has 0 radical (unpaired) electrons. The van der Waals surface area contributed by atoms with Crippen molar-refractivity contribution in [2.75, 3.05) is 6.61 Å². The van der Waals surface area contributed by atoms with Crippen molar-refractivity contribution in [3.8, 4) is 5.75 Å². The lowest BCUT2D eigenvalue weighted by Crippen LogP contribution is -2.32. The minimum Gasteiger partial charge on any atom is -0.493 e. The fraction of sp³-hybridized carbons (Fsp3) is 0.667. The predicted molar refractivity (Wildman–Crippen MR) is 81.0 cm³/mol. The molecule has 0 saturated heterocycles. The molecule has 0 amide bonds. The molecule has 1 heterocycles. The summed E-state index contributed by atoms with van der Waals surface area (Å²) in [7, 11) is 0. The number of benzene rings is 1. The van der Waals surface area contributed by atoms with Crippen LogP contribution in [0.15, 0.2) is 18.2 Å². The number of ether oxygens (including phenoxy) is 1. The predicted octanol–water partition coefficient (Wildman–Crippen LogP) is 4.19. The Hall–Kier alpha value is -1.02. The molecular formula is C18H26O2. The molecule has 1 fully saturated rings. The molecule has 1 aromatic carbocycles. The topological polar surface area (TPSA) is 29.5 Å². The van der Waals surface area contributed by atoms with Gasteiger partial charge in [-0.1, -0.05) is 38.0 Å². The summed E-state index contributed by atoms with van der Waals surface area (Å²) in [5, 5.41) is 11.1. The van der Waals surface area contributed by atoms with Crippen molar-refractivity contribution in [1.82, 2.24) is 0 Å². The Morgan fingerprint density at radius 3 is 2.85 bits per heavy atom. The van der Waals surface area contributed by atoms with Crippen LogP contribution in [-0.2, 0) is 12.0 Å². The molecule has 0 unspecified atom stereocenters. The molecule has 1 saturated carbocycles. The zero-order valence-electron chi connectivity index (χ0n) is 12.5. The molecule has 2 aliphatic rings. The molecule has 110 valence electrons. The Kier molecular flexibility index (Phi) is 4.02. The van der Waals surface area contributed by atoms with Crippen molar-refractivity contribution in [2.24, 2.45) is 5.92 Å². The first-order valence-electron chi connectivity index (χ1n) is 8.20. The van der Waals surface area contributed by atoms with E-state index in [0.29, 0.717) is 0 Å². The summed E-state index contributed by atoms with van der Waals surface area (Å²) in [6.07, 6.45) is 8.80. The molecule has 0 aromatic heterocycles. The first-order valence-corrected chi connectivity index (χ1v) is 8.20. The number of para-hydroxylation sites is 1. The lowest BCUT2D eigenvalue weighted by Gasteiger charge is -2.38. The molecule has 1 aliphatic carbocycles. The van der Waals surface area contributed by atoms with Crippen molar-refractivity contribution < 1.29 is 9.84 Å². The van der Waals surface area contributed by atoms with E-state index in [9.17, 15) is 5.11 Å². The molecule has 3 rings (SSSR count). The van der Waals surface area contributed by atoms with Crippen molar-refractivity contribution in [2.45, 2.75) is 63.9 Å². The first-order chi connectivity index (χ1) is 9.73. The van der Waals surface area contributed by atoms with Crippen LogP contribution in [-0.4, -0.2) is 11.7 Å². The number of hydrogen-bond donors (Lipinski definition) is 1. The van der Waals surface area contributed by atoms with Gasteiger partial charge in [0.1, 0.15) is 5.75 Å². The standard InChI is InChI=1S/C18H26O2/c1-2-5-14-9-11-18(19,12-10-14)16-8-3-6-15-7-4-13-20-17(15)16/h3,6,8,14,19H,2,4-5,7,9-13H2,1H3. The van der Waals surface area contributed by atoms with Gasteiger partial charge in [0.2, 0.25) is 0 Å². The quantitative estimate of drug-likeness (QED) is 0.895. The normalized spacial score (nSPS) is 29.6. The van der Waals surface area contributed by atoms with Crippen LogP contribution < -0.4 is 4.74 Å². The summed E-state index contributed by atoms with van der Waals surface area (Å²) in [5.74, 6) is 1.79. The second-order valence-electron chi connectivity index (χ2n) is 6.51. The Balaban J connectivity index is 1.82. The largest absolute Gasteiger partial charge is 0.493 e. The van der Waals surface area contributed by atoms with E-state index in [1.165, 1.54) is 18.4 Å². The lowest BCUT2D eigenvalue weighted by atomic mass is 9.73. The van der Waals surface area contributed by atoms with E-state index >= 15 is 0 Å². The van der Waals surface area contributed by atoms with Crippen molar-refractivity contribution in [3.63, 3.8) is 0 Å². The second kappa shape index (κ2) is 5.77. The van der Waals surface area contributed by atoms with E-state index in [0.717, 1.165) is 62.4 Å². The Labute approximate surface area is 122 Å². The minimum absolute atomic E-state index is 0.660. The molecule has 2 heteroatoms. The molecule has 0 atom stereocenters. The summed E-state index contributed by atoms with van der Waals surface area (Å²) in [6, 6.07) is 6.30. The number of fused-ring (bicyclic) bond motifs is 1. The van der Waals surface area contributed by atoms with Crippen LogP contribution in [0.1, 0.15) is 63.0 Å². The van der Waals surface area contributed by atoms with Gasteiger partial charge in [-0.2, -0.15) is 0 Å². The Morgan fingerprint density at radius 1 is 1.30 bits per heavy atom. The third-order valence-corrected chi connectivity index (χ3v) is 5.06. The molecule has 1 aliphatic heterocycles. The first kappa shape index (κ1) is 13.9. The minimum atomic E-state index is -0.660. The molecule has 0 spiro atoms. The van der Waals surface area contributed by atoms with Crippen LogP contribution in [0.5, 0.6) is 5.75 Å². The number of aryl methyl sites for hydroxylation is 1. The Bertz CT molecular complexity index is 458. The summed E-state index contributed by atoms with van der Waals surface area (Å²) < 4.78 is 5.89. The van der Waals surface area contributed by atoms with E-state index < -0.39 is 5.60 Å². The highest BCUT2D eigenvalue weighted by molar-refractivity contribution is 5.46. The van der Waals surface area contributed by atoms with E-state index in [2.05, 4.69) is 25.1 Å². The number of aliphatic hydroxyl groups is 1. The van der Waals surface area contributed by atoms with Crippen molar-refractivity contribution in [1.29, 1.82) is 0 Å². The van der Waals surface area contributed by atoms with E-state index in [-0.39, 0.29) is 0 Å².